The largest absolute Gasteiger partial charge is 0.492 e. The molecule has 230 valence electrons. The van der Waals surface area contributed by atoms with E-state index < -0.39 is 39.2 Å². The quantitative estimate of drug-likeness (QED) is 0.0800. The van der Waals surface area contributed by atoms with Crippen LogP contribution in [0.5, 0.6) is 17.5 Å². The van der Waals surface area contributed by atoms with Crippen LogP contribution in [-0.2, 0) is 20.3 Å². The fraction of sp³-hybridized carbons (Fsp3) is 0.281. The van der Waals surface area contributed by atoms with E-state index in [1.807, 2.05) is 54.8 Å². The Morgan fingerprint density at radius 3 is 2.18 bits per heavy atom. The lowest BCUT2D eigenvalue weighted by Gasteiger charge is -2.18. The van der Waals surface area contributed by atoms with Crippen molar-refractivity contribution in [1.82, 2.24) is 4.73 Å². The van der Waals surface area contributed by atoms with Gasteiger partial charge in [-0.2, -0.15) is 13.0 Å². The van der Waals surface area contributed by atoms with E-state index in [0.29, 0.717) is 34.5 Å². The molecule has 0 amide bonds. The van der Waals surface area contributed by atoms with Gasteiger partial charge in [0.25, 0.3) is 15.8 Å². The van der Waals surface area contributed by atoms with Crippen LogP contribution in [0.3, 0.4) is 0 Å². The van der Waals surface area contributed by atoms with Crippen molar-refractivity contribution in [3.8, 4) is 17.5 Å². The van der Waals surface area contributed by atoms with Gasteiger partial charge in [0.2, 0.25) is 17.4 Å². The predicted molar refractivity (Wildman–Crippen MR) is 163 cm³/mol. The first-order valence-corrected chi connectivity index (χ1v) is 15.6. The van der Waals surface area contributed by atoms with Crippen LogP contribution < -0.4 is 9.57 Å². The number of unbranched alkanes of at least 4 members (excludes halogenated alkanes) is 1. The molecule has 0 fully saturated rings. The molecule has 1 aliphatic rings. The number of carbonyl (C=O) groups excluding carboxylic acids is 2. The molecule has 11 nitrogen and oxygen atoms in total. The summed E-state index contributed by atoms with van der Waals surface area (Å²) < 4.78 is 40.4. The van der Waals surface area contributed by atoms with Gasteiger partial charge in [-0.3, -0.25) is 4.55 Å². The van der Waals surface area contributed by atoms with Crippen molar-refractivity contribution in [3.63, 3.8) is 0 Å². The van der Waals surface area contributed by atoms with Crippen LogP contribution in [0.15, 0.2) is 60.7 Å². The van der Waals surface area contributed by atoms with E-state index in [1.165, 1.54) is 24.3 Å². The van der Waals surface area contributed by atoms with E-state index in [2.05, 4.69) is 0 Å². The molecular formula is C32H33N2O9S+. The molecule has 0 aliphatic carbocycles. The van der Waals surface area contributed by atoms with E-state index in [4.69, 9.17) is 9.57 Å². The SMILES string of the molecule is Cc1cc(C(=O)On2c(O)ccc2O)cc(C)c1OC(=O)C1=[N+](CCCCS(=O)(=O)O)c2c(ccc3ccccc23)C1(C)C. The minimum Gasteiger partial charge on any atom is -0.492 e. The number of benzene rings is 3. The highest BCUT2D eigenvalue weighted by Gasteiger charge is 2.51. The first kappa shape index (κ1) is 30.8. The van der Waals surface area contributed by atoms with Gasteiger partial charge in [-0.1, -0.05) is 30.3 Å². The second-order valence-electron chi connectivity index (χ2n) is 11.4. The number of aryl methyl sites for hydroxylation is 2. The molecule has 5 rings (SSSR count). The Kier molecular flexibility index (Phi) is 8.00. The molecule has 0 radical (unpaired) electrons. The number of rotatable bonds is 9. The van der Waals surface area contributed by atoms with Crippen molar-refractivity contribution in [2.45, 2.75) is 46.0 Å². The Morgan fingerprint density at radius 1 is 0.909 bits per heavy atom. The van der Waals surface area contributed by atoms with E-state index in [1.54, 1.807) is 13.8 Å². The fourth-order valence-corrected chi connectivity index (χ4v) is 6.34. The third-order valence-electron chi connectivity index (χ3n) is 7.80. The summed E-state index contributed by atoms with van der Waals surface area (Å²) >= 11 is 0. The molecule has 1 aliphatic heterocycles. The molecule has 0 atom stereocenters. The molecule has 0 unspecified atom stereocenters. The van der Waals surface area contributed by atoms with Crippen LogP contribution in [-0.4, -0.2) is 62.4 Å². The lowest BCUT2D eigenvalue weighted by atomic mass is 9.81. The van der Waals surface area contributed by atoms with Crippen molar-refractivity contribution >= 4 is 44.2 Å². The molecule has 2 heterocycles. The molecule has 3 aromatic carbocycles. The monoisotopic (exact) mass is 621 g/mol. The van der Waals surface area contributed by atoms with E-state index in [-0.39, 0.29) is 23.5 Å². The number of hydrogen-bond acceptors (Lipinski definition) is 8. The van der Waals surface area contributed by atoms with Crippen LogP contribution in [0.25, 0.3) is 10.8 Å². The topological polar surface area (TPSA) is 155 Å². The zero-order chi connectivity index (χ0) is 32.0. The van der Waals surface area contributed by atoms with Crippen molar-refractivity contribution < 1.29 is 46.9 Å². The third-order valence-corrected chi connectivity index (χ3v) is 8.60. The molecule has 44 heavy (non-hydrogen) atoms. The van der Waals surface area contributed by atoms with Crippen LogP contribution in [0.4, 0.5) is 5.69 Å². The number of aromatic nitrogens is 1. The third kappa shape index (κ3) is 5.78. The lowest BCUT2D eigenvalue weighted by Crippen LogP contribution is -2.39. The second kappa shape index (κ2) is 11.4. The minimum absolute atomic E-state index is 0.112. The maximum absolute atomic E-state index is 14.1. The zero-order valence-electron chi connectivity index (χ0n) is 24.7. The number of esters is 1. The standard InChI is InChI=1S/C32H32N2O9S/c1-19-17-22(30(37)43-34-25(35)13-14-26(34)36)18-20(2)28(19)42-31(38)29-32(3,4)24-12-11-21-9-5-6-10-23(21)27(24)33(29)15-7-8-16-44(39,40)41/h5-6,9-14,17-18H,7-8,15-16H2,1-4H3,(H2,38,39,40,41)/p+1. The summed E-state index contributed by atoms with van der Waals surface area (Å²) in [5.74, 6) is -2.49. The Balaban J connectivity index is 1.50. The van der Waals surface area contributed by atoms with Gasteiger partial charge in [0.15, 0.2) is 0 Å². The number of nitrogens with zero attached hydrogens (tertiary/aromatic N) is 2. The number of fused-ring (bicyclic) bond motifs is 3. The highest BCUT2D eigenvalue weighted by atomic mass is 32.2. The molecule has 12 heteroatoms. The van der Waals surface area contributed by atoms with E-state index in [9.17, 15) is 32.8 Å². The van der Waals surface area contributed by atoms with Gasteiger partial charge in [-0.25, -0.2) is 9.59 Å². The van der Waals surface area contributed by atoms with Gasteiger partial charge in [-0.05, 0) is 68.8 Å². The summed E-state index contributed by atoms with van der Waals surface area (Å²) in [5, 5.41) is 21.5. The van der Waals surface area contributed by atoms with Gasteiger partial charge in [0.1, 0.15) is 12.3 Å². The number of carbonyl (C=O) groups is 2. The summed E-state index contributed by atoms with van der Waals surface area (Å²) in [7, 11) is -4.12. The number of hydrogen-bond donors (Lipinski definition) is 3. The molecule has 0 saturated carbocycles. The first-order chi connectivity index (χ1) is 20.7. The van der Waals surface area contributed by atoms with Crippen molar-refractivity contribution in [1.29, 1.82) is 0 Å². The number of ether oxygens (including phenoxy) is 1. The van der Waals surface area contributed by atoms with Crippen LogP contribution >= 0.6 is 0 Å². The van der Waals surface area contributed by atoms with Gasteiger partial charge in [0, 0.05) is 24.1 Å². The molecule has 0 bridgehead atoms. The van der Waals surface area contributed by atoms with Crippen molar-refractivity contribution in [2.24, 2.45) is 0 Å². The van der Waals surface area contributed by atoms with E-state index >= 15 is 0 Å². The van der Waals surface area contributed by atoms with Gasteiger partial charge in [0.05, 0.1) is 22.1 Å². The molecule has 3 N–H and O–H groups in total. The summed E-state index contributed by atoms with van der Waals surface area (Å²) in [5.41, 5.74) is 2.43. The maximum atomic E-state index is 14.1. The minimum atomic E-state index is -4.12. The molecular weight excluding hydrogens is 588 g/mol. The van der Waals surface area contributed by atoms with Crippen LogP contribution in [0.1, 0.15) is 53.7 Å². The van der Waals surface area contributed by atoms with E-state index in [0.717, 1.165) is 22.0 Å². The highest BCUT2D eigenvalue weighted by molar-refractivity contribution is 7.85. The fourth-order valence-electron chi connectivity index (χ4n) is 5.77. The normalized spacial score (nSPS) is 14.1. The van der Waals surface area contributed by atoms with Gasteiger partial charge in [-0.15, -0.1) is 4.73 Å². The first-order valence-electron chi connectivity index (χ1n) is 14.0. The predicted octanol–water partition coefficient (Wildman–Crippen LogP) is 4.59. The Labute approximate surface area is 254 Å². The Hall–Kier alpha value is -4.68. The number of aromatic hydroxyl groups is 2. The van der Waals surface area contributed by atoms with Crippen molar-refractivity contribution in [2.75, 3.05) is 12.3 Å². The van der Waals surface area contributed by atoms with Crippen LogP contribution in [0, 0.1) is 13.8 Å². The summed E-state index contributed by atoms with van der Waals surface area (Å²) in [4.78, 5) is 31.9. The average molecular weight is 622 g/mol. The Morgan fingerprint density at radius 2 is 1.55 bits per heavy atom. The molecule has 4 aromatic rings. The highest BCUT2D eigenvalue weighted by Crippen LogP contribution is 2.44. The average Bonchev–Trinajstić information content (AvgIpc) is 3.39. The molecule has 0 spiro atoms. The second-order valence-corrected chi connectivity index (χ2v) is 12.9. The zero-order valence-corrected chi connectivity index (χ0v) is 25.5. The van der Waals surface area contributed by atoms with Gasteiger partial charge < -0.3 is 19.8 Å². The van der Waals surface area contributed by atoms with Crippen molar-refractivity contribution in [3.05, 3.63) is 82.9 Å². The Bertz CT molecular complexity index is 1910. The molecule has 0 saturated heterocycles. The smallest absolute Gasteiger partial charge is 0.405 e. The maximum Gasteiger partial charge on any atom is 0.405 e. The summed E-state index contributed by atoms with van der Waals surface area (Å²) in [6, 6.07) is 17.1. The molecule has 1 aromatic heterocycles. The lowest BCUT2D eigenvalue weighted by molar-refractivity contribution is -0.437. The summed E-state index contributed by atoms with van der Waals surface area (Å²) in [6.07, 6.45) is 0.587. The van der Waals surface area contributed by atoms with Gasteiger partial charge >= 0.3 is 11.9 Å². The summed E-state index contributed by atoms with van der Waals surface area (Å²) in [6.45, 7) is 7.53. The van der Waals surface area contributed by atoms with Crippen LogP contribution in [0.2, 0.25) is 0 Å².